The molecule has 0 unspecified atom stereocenters. The van der Waals surface area contributed by atoms with Crippen LogP contribution in [0.1, 0.15) is 6.92 Å². The van der Waals surface area contributed by atoms with Gasteiger partial charge < -0.3 is 15.4 Å². The van der Waals surface area contributed by atoms with Gasteiger partial charge in [-0.15, -0.1) is 0 Å². The minimum Gasteiger partial charge on any atom is -0.422 e. The highest BCUT2D eigenvalue weighted by Gasteiger charge is 2.12. The van der Waals surface area contributed by atoms with Crippen molar-refractivity contribution in [3.05, 3.63) is 18.3 Å². The zero-order valence-electron chi connectivity index (χ0n) is 7.06. The van der Waals surface area contributed by atoms with E-state index in [1.807, 2.05) is 0 Å². The maximum absolute atomic E-state index is 10.6. The second-order valence-corrected chi connectivity index (χ2v) is 2.52. The number of pyridine rings is 1. The zero-order valence-corrected chi connectivity index (χ0v) is 7.06. The number of nitrogens with zero attached hydrogens (tertiary/aromatic N) is 1. The van der Waals surface area contributed by atoms with Gasteiger partial charge >= 0.3 is 7.12 Å². The van der Waals surface area contributed by atoms with E-state index in [1.165, 1.54) is 19.2 Å². The van der Waals surface area contributed by atoms with Crippen molar-refractivity contribution in [1.29, 1.82) is 0 Å². The Labute approximate surface area is 75.6 Å². The van der Waals surface area contributed by atoms with Crippen LogP contribution in [0.3, 0.4) is 0 Å². The first-order valence-corrected chi connectivity index (χ1v) is 3.69. The second-order valence-electron chi connectivity index (χ2n) is 2.52. The first-order chi connectivity index (χ1) is 6.09. The van der Waals surface area contributed by atoms with Gasteiger partial charge in [0.05, 0.1) is 5.59 Å². The lowest BCUT2D eigenvalue weighted by atomic mass is 9.85. The average Bonchev–Trinajstić information content (AvgIpc) is 2.03. The molecule has 0 saturated carbocycles. The third-order valence-corrected chi connectivity index (χ3v) is 1.37. The Kier molecular flexibility index (Phi) is 3.00. The monoisotopic (exact) mass is 180 g/mol. The Hall–Kier alpha value is -1.40. The maximum atomic E-state index is 10.6. The number of rotatable bonds is 2. The van der Waals surface area contributed by atoms with Crippen LogP contribution >= 0.6 is 0 Å². The summed E-state index contributed by atoms with van der Waals surface area (Å²) in [6.45, 7) is 1.37. The SMILES string of the molecule is CC(=O)Nc1ccnc(B(O)O)c1. The average molecular weight is 180 g/mol. The molecule has 0 aliphatic rings. The number of nitrogens with one attached hydrogen (secondary N) is 1. The molecule has 1 aromatic rings. The number of hydrogen-bond acceptors (Lipinski definition) is 4. The third kappa shape index (κ3) is 2.85. The Balaban J connectivity index is 2.85. The molecule has 1 rings (SSSR count). The molecule has 3 N–H and O–H groups in total. The van der Waals surface area contributed by atoms with Crippen molar-refractivity contribution in [3.8, 4) is 0 Å². The molecule has 0 radical (unpaired) electrons. The summed E-state index contributed by atoms with van der Waals surface area (Å²) in [6.07, 6.45) is 1.39. The number of carbonyl (C=O) groups is 1. The number of amides is 1. The summed E-state index contributed by atoms with van der Waals surface area (Å²) in [4.78, 5) is 14.3. The molecule has 6 heteroatoms. The predicted molar refractivity (Wildman–Crippen MR) is 48.4 cm³/mol. The van der Waals surface area contributed by atoms with Crippen molar-refractivity contribution in [2.75, 3.05) is 5.32 Å². The Morgan fingerprint density at radius 1 is 1.62 bits per heavy atom. The van der Waals surface area contributed by atoms with Crippen molar-refractivity contribution in [1.82, 2.24) is 4.98 Å². The number of carbonyl (C=O) groups excluding carboxylic acids is 1. The van der Waals surface area contributed by atoms with Gasteiger partial charge in [-0.05, 0) is 12.1 Å². The van der Waals surface area contributed by atoms with Crippen molar-refractivity contribution in [2.24, 2.45) is 0 Å². The molecule has 0 spiro atoms. The molecule has 5 nitrogen and oxygen atoms in total. The van der Waals surface area contributed by atoms with Crippen LogP contribution in [0, 0.1) is 0 Å². The fourth-order valence-corrected chi connectivity index (χ4v) is 0.871. The van der Waals surface area contributed by atoms with Crippen LogP contribution in [0.2, 0.25) is 0 Å². The summed E-state index contributed by atoms with van der Waals surface area (Å²) >= 11 is 0. The lowest BCUT2D eigenvalue weighted by Gasteiger charge is -2.03. The van der Waals surface area contributed by atoms with E-state index in [2.05, 4.69) is 10.3 Å². The fraction of sp³-hybridized carbons (Fsp3) is 0.143. The highest BCUT2D eigenvalue weighted by Crippen LogP contribution is 2.01. The molecule has 13 heavy (non-hydrogen) atoms. The topological polar surface area (TPSA) is 82.5 Å². The van der Waals surface area contributed by atoms with Gasteiger partial charge in [0.15, 0.2) is 0 Å². The highest BCUT2D eigenvalue weighted by atomic mass is 16.4. The summed E-state index contributed by atoms with van der Waals surface area (Å²) in [5.41, 5.74) is 0.594. The number of hydrogen-bond donors (Lipinski definition) is 3. The van der Waals surface area contributed by atoms with Crippen LogP contribution in [0.15, 0.2) is 18.3 Å². The standard InChI is InChI=1S/C7H9BN2O3/c1-5(11)10-6-2-3-9-7(4-6)8(12)13/h2-4,12-13H,1H3,(H,9,10,11). The highest BCUT2D eigenvalue weighted by molar-refractivity contribution is 6.57. The molecular weight excluding hydrogens is 171 g/mol. The third-order valence-electron chi connectivity index (χ3n) is 1.37. The Morgan fingerprint density at radius 3 is 2.85 bits per heavy atom. The van der Waals surface area contributed by atoms with Gasteiger partial charge in [-0.3, -0.25) is 9.78 Å². The quantitative estimate of drug-likeness (QED) is 0.495. The summed E-state index contributed by atoms with van der Waals surface area (Å²) in [5, 5.41) is 20.0. The molecular formula is C7H9BN2O3. The van der Waals surface area contributed by atoms with Gasteiger partial charge in [0.25, 0.3) is 0 Å². The Bertz CT molecular complexity index is 316. The molecule has 1 amide bonds. The zero-order chi connectivity index (χ0) is 9.84. The maximum Gasteiger partial charge on any atom is 0.508 e. The van der Waals surface area contributed by atoms with Crippen molar-refractivity contribution < 1.29 is 14.8 Å². The minimum atomic E-state index is -1.62. The minimum absolute atomic E-state index is 0.103. The van der Waals surface area contributed by atoms with E-state index in [0.717, 1.165) is 0 Å². The summed E-state index contributed by atoms with van der Waals surface area (Å²) < 4.78 is 0. The molecule has 1 heterocycles. The van der Waals surface area contributed by atoms with Gasteiger partial charge in [0, 0.05) is 18.8 Å². The number of aromatic nitrogens is 1. The normalized spacial score (nSPS) is 9.46. The second kappa shape index (κ2) is 4.02. The smallest absolute Gasteiger partial charge is 0.422 e. The van der Waals surface area contributed by atoms with Crippen molar-refractivity contribution in [2.45, 2.75) is 6.92 Å². The van der Waals surface area contributed by atoms with Crippen molar-refractivity contribution in [3.63, 3.8) is 0 Å². The molecule has 0 aromatic carbocycles. The largest absolute Gasteiger partial charge is 0.508 e. The van der Waals surface area contributed by atoms with E-state index in [1.54, 1.807) is 6.07 Å². The van der Waals surface area contributed by atoms with Gasteiger partial charge in [-0.25, -0.2) is 0 Å². The van der Waals surface area contributed by atoms with E-state index >= 15 is 0 Å². The van der Waals surface area contributed by atoms with E-state index in [-0.39, 0.29) is 11.5 Å². The molecule has 1 aromatic heterocycles. The fourth-order valence-electron chi connectivity index (χ4n) is 0.871. The predicted octanol–water partition coefficient (Wildman–Crippen LogP) is -1.28. The van der Waals surface area contributed by atoms with Gasteiger partial charge in [0.1, 0.15) is 0 Å². The Morgan fingerprint density at radius 2 is 2.31 bits per heavy atom. The molecule has 0 fully saturated rings. The van der Waals surface area contributed by atoms with Crippen molar-refractivity contribution >= 4 is 24.3 Å². The summed E-state index contributed by atoms with van der Waals surface area (Å²) in [6, 6.07) is 2.96. The molecule has 0 atom stereocenters. The van der Waals surface area contributed by atoms with Crippen LogP contribution in [0.25, 0.3) is 0 Å². The molecule has 0 bridgehead atoms. The molecule has 0 aliphatic heterocycles. The van der Waals surface area contributed by atoms with E-state index in [4.69, 9.17) is 10.0 Å². The van der Waals surface area contributed by atoms with Crippen LogP contribution < -0.4 is 10.9 Å². The number of anilines is 1. The van der Waals surface area contributed by atoms with Crippen LogP contribution in [0.5, 0.6) is 0 Å². The molecule has 0 saturated heterocycles. The lowest BCUT2D eigenvalue weighted by molar-refractivity contribution is -0.114. The lowest BCUT2D eigenvalue weighted by Crippen LogP contribution is -2.32. The van der Waals surface area contributed by atoms with Crippen LogP contribution in [-0.2, 0) is 4.79 Å². The first kappa shape index (κ1) is 9.69. The van der Waals surface area contributed by atoms with Gasteiger partial charge in [0.2, 0.25) is 5.91 Å². The van der Waals surface area contributed by atoms with E-state index in [9.17, 15) is 4.79 Å². The van der Waals surface area contributed by atoms with E-state index < -0.39 is 7.12 Å². The van der Waals surface area contributed by atoms with E-state index in [0.29, 0.717) is 5.69 Å². The van der Waals surface area contributed by atoms with Crippen LogP contribution in [-0.4, -0.2) is 28.1 Å². The van der Waals surface area contributed by atoms with Crippen LogP contribution in [0.4, 0.5) is 5.69 Å². The molecule has 68 valence electrons. The summed E-state index contributed by atoms with van der Waals surface area (Å²) in [5.74, 6) is -0.218. The summed E-state index contributed by atoms with van der Waals surface area (Å²) in [7, 11) is -1.62. The molecule has 0 aliphatic carbocycles. The van der Waals surface area contributed by atoms with Gasteiger partial charge in [-0.1, -0.05) is 0 Å². The van der Waals surface area contributed by atoms with Gasteiger partial charge in [-0.2, -0.15) is 0 Å². The first-order valence-electron chi connectivity index (χ1n) is 3.69.